The quantitative estimate of drug-likeness (QED) is 0.765. The van der Waals surface area contributed by atoms with E-state index in [0.717, 1.165) is 0 Å². The van der Waals surface area contributed by atoms with E-state index in [-0.39, 0.29) is 5.78 Å². The molecule has 0 aliphatic carbocycles. The van der Waals surface area contributed by atoms with Crippen LogP contribution in [0.5, 0.6) is 11.5 Å². The van der Waals surface area contributed by atoms with Crippen molar-refractivity contribution in [3.63, 3.8) is 0 Å². The van der Waals surface area contributed by atoms with Crippen LogP contribution < -0.4 is 9.47 Å². The average molecular weight is 356 g/mol. The number of ketones is 1. The van der Waals surface area contributed by atoms with E-state index in [1.165, 1.54) is 7.11 Å². The highest BCUT2D eigenvalue weighted by Crippen LogP contribution is 2.38. The smallest absolute Gasteiger partial charge is 0.198 e. The summed E-state index contributed by atoms with van der Waals surface area (Å²) >= 11 is 9.44. The Labute approximate surface area is 130 Å². The number of hydrogen-bond acceptors (Lipinski definition) is 3. The Balaban J connectivity index is 2.56. The lowest BCUT2D eigenvalue weighted by Gasteiger charge is -2.13. The van der Waals surface area contributed by atoms with E-state index in [2.05, 4.69) is 15.9 Å². The molecule has 2 aromatic rings. The summed E-state index contributed by atoms with van der Waals surface area (Å²) in [5.74, 6) is 0.822. The van der Waals surface area contributed by atoms with E-state index >= 15 is 0 Å². The van der Waals surface area contributed by atoms with Gasteiger partial charge in [-0.1, -0.05) is 23.7 Å². The van der Waals surface area contributed by atoms with Gasteiger partial charge in [0.25, 0.3) is 0 Å². The van der Waals surface area contributed by atoms with Crippen molar-refractivity contribution in [2.75, 3.05) is 14.2 Å². The molecule has 0 unspecified atom stereocenters. The molecule has 2 rings (SSSR count). The first-order valence-electron chi connectivity index (χ1n) is 5.79. The third-order valence-electron chi connectivity index (χ3n) is 2.85. The Kier molecular flexibility index (Phi) is 4.68. The normalized spacial score (nSPS) is 10.2. The molecule has 104 valence electrons. The zero-order chi connectivity index (χ0) is 14.7. The Morgan fingerprint density at radius 1 is 1.05 bits per heavy atom. The van der Waals surface area contributed by atoms with E-state index < -0.39 is 0 Å². The second kappa shape index (κ2) is 6.29. The summed E-state index contributed by atoms with van der Waals surface area (Å²) in [5, 5.41) is 0.409. The van der Waals surface area contributed by atoms with Gasteiger partial charge in [-0.2, -0.15) is 0 Å². The van der Waals surface area contributed by atoms with E-state index in [1.54, 1.807) is 43.5 Å². The second-order valence-corrected chi connectivity index (χ2v) is 5.17. The van der Waals surface area contributed by atoms with Gasteiger partial charge >= 0.3 is 0 Å². The lowest BCUT2D eigenvalue weighted by molar-refractivity contribution is 0.103. The molecule has 0 atom stereocenters. The molecule has 0 heterocycles. The van der Waals surface area contributed by atoms with Crippen LogP contribution in [-0.2, 0) is 0 Å². The Morgan fingerprint density at radius 3 is 2.35 bits per heavy atom. The molecule has 2 aromatic carbocycles. The standard InChI is InChI=1S/C15H12BrClO3/c1-19-12-8-7-10(15(20-2)13(12)16)14(18)9-5-3-4-6-11(9)17/h3-8H,1-2H3. The molecule has 0 saturated carbocycles. The van der Waals surface area contributed by atoms with Gasteiger partial charge < -0.3 is 9.47 Å². The summed E-state index contributed by atoms with van der Waals surface area (Å²) in [7, 11) is 3.05. The molecular weight excluding hydrogens is 344 g/mol. The third-order valence-corrected chi connectivity index (χ3v) is 3.93. The molecule has 0 aliphatic heterocycles. The van der Waals surface area contributed by atoms with E-state index in [4.69, 9.17) is 21.1 Å². The fourth-order valence-corrected chi connectivity index (χ4v) is 2.76. The van der Waals surface area contributed by atoms with Crippen LogP contribution in [0.15, 0.2) is 40.9 Å². The average Bonchev–Trinajstić information content (AvgIpc) is 2.46. The molecule has 0 amide bonds. The molecule has 0 N–H and O–H groups in total. The summed E-state index contributed by atoms with van der Waals surface area (Å²) in [6, 6.07) is 10.3. The molecule has 0 aromatic heterocycles. The van der Waals surface area contributed by atoms with Crippen LogP contribution in [0.3, 0.4) is 0 Å². The first-order chi connectivity index (χ1) is 9.60. The van der Waals surface area contributed by atoms with Gasteiger partial charge in [0.05, 0.1) is 24.8 Å². The Hall–Kier alpha value is -1.52. The molecule has 0 bridgehead atoms. The number of carbonyl (C=O) groups excluding carboxylic acids is 1. The highest BCUT2D eigenvalue weighted by molar-refractivity contribution is 9.10. The fraction of sp³-hybridized carbons (Fsp3) is 0.133. The molecule has 0 spiro atoms. The summed E-state index contributed by atoms with van der Waals surface area (Å²) < 4.78 is 11.1. The van der Waals surface area contributed by atoms with E-state index in [9.17, 15) is 4.79 Å². The van der Waals surface area contributed by atoms with Gasteiger partial charge in [-0.05, 0) is 40.2 Å². The molecule has 0 saturated heterocycles. The summed E-state index contributed by atoms with van der Waals surface area (Å²) in [4.78, 5) is 12.6. The molecule has 0 aliphatic rings. The van der Waals surface area contributed by atoms with Crippen LogP contribution in [0.4, 0.5) is 0 Å². The summed E-state index contributed by atoms with van der Waals surface area (Å²) in [6.45, 7) is 0. The minimum absolute atomic E-state index is 0.198. The van der Waals surface area contributed by atoms with Crippen LogP contribution in [0.1, 0.15) is 15.9 Å². The number of carbonyl (C=O) groups is 1. The Bertz CT molecular complexity index is 656. The SMILES string of the molecule is COc1ccc(C(=O)c2ccccc2Cl)c(OC)c1Br. The molecule has 0 radical (unpaired) electrons. The number of benzene rings is 2. The van der Waals surface area contributed by atoms with E-state index in [1.807, 2.05) is 0 Å². The van der Waals surface area contributed by atoms with Crippen molar-refractivity contribution in [2.24, 2.45) is 0 Å². The lowest BCUT2D eigenvalue weighted by atomic mass is 10.0. The predicted molar refractivity (Wildman–Crippen MR) is 82.1 cm³/mol. The number of hydrogen-bond donors (Lipinski definition) is 0. The zero-order valence-electron chi connectivity index (χ0n) is 10.9. The highest BCUT2D eigenvalue weighted by atomic mass is 79.9. The van der Waals surface area contributed by atoms with Crippen LogP contribution in [-0.4, -0.2) is 20.0 Å². The summed E-state index contributed by atoms with van der Waals surface area (Å²) in [5.41, 5.74) is 0.859. The Morgan fingerprint density at radius 2 is 1.75 bits per heavy atom. The third kappa shape index (κ3) is 2.67. The van der Waals surface area contributed by atoms with Gasteiger partial charge in [0.1, 0.15) is 16.0 Å². The topological polar surface area (TPSA) is 35.5 Å². The van der Waals surface area contributed by atoms with Crippen LogP contribution in [0.2, 0.25) is 5.02 Å². The van der Waals surface area contributed by atoms with E-state index in [0.29, 0.717) is 32.1 Å². The number of methoxy groups -OCH3 is 2. The largest absolute Gasteiger partial charge is 0.495 e. The van der Waals surface area contributed by atoms with Gasteiger partial charge in [-0.15, -0.1) is 0 Å². The maximum atomic E-state index is 12.6. The maximum Gasteiger partial charge on any atom is 0.198 e. The molecule has 5 heteroatoms. The van der Waals surface area contributed by atoms with Crippen molar-refractivity contribution >= 4 is 33.3 Å². The van der Waals surface area contributed by atoms with Crippen molar-refractivity contribution < 1.29 is 14.3 Å². The predicted octanol–water partition coefficient (Wildman–Crippen LogP) is 4.35. The van der Waals surface area contributed by atoms with Gasteiger partial charge in [0.2, 0.25) is 0 Å². The molecule has 0 fully saturated rings. The van der Waals surface area contributed by atoms with Gasteiger partial charge in [0.15, 0.2) is 5.78 Å². The number of ether oxygens (including phenoxy) is 2. The maximum absolute atomic E-state index is 12.6. The van der Waals surface area contributed by atoms with Crippen molar-refractivity contribution in [1.29, 1.82) is 0 Å². The van der Waals surface area contributed by atoms with Crippen molar-refractivity contribution in [3.05, 3.63) is 57.0 Å². The van der Waals surface area contributed by atoms with Crippen molar-refractivity contribution in [3.8, 4) is 11.5 Å². The fourth-order valence-electron chi connectivity index (χ4n) is 1.86. The van der Waals surface area contributed by atoms with Crippen LogP contribution >= 0.6 is 27.5 Å². The minimum atomic E-state index is -0.198. The summed E-state index contributed by atoms with van der Waals surface area (Å²) in [6.07, 6.45) is 0. The van der Waals surface area contributed by atoms with Crippen molar-refractivity contribution in [2.45, 2.75) is 0 Å². The van der Waals surface area contributed by atoms with Gasteiger partial charge in [-0.3, -0.25) is 4.79 Å². The first kappa shape index (κ1) is 14.9. The van der Waals surface area contributed by atoms with Crippen molar-refractivity contribution in [1.82, 2.24) is 0 Å². The molecule has 20 heavy (non-hydrogen) atoms. The van der Waals surface area contributed by atoms with Gasteiger partial charge in [0, 0.05) is 5.56 Å². The van der Waals surface area contributed by atoms with Crippen LogP contribution in [0.25, 0.3) is 0 Å². The van der Waals surface area contributed by atoms with Gasteiger partial charge in [-0.25, -0.2) is 0 Å². The monoisotopic (exact) mass is 354 g/mol. The second-order valence-electron chi connectivity index (χ2n) is 3.97. The molecule has 3 nitrogen and oxygen atoms in total. The zero-order valence-corrected chi connectivity index (χ0v) is 13.3. The number of rotatable bonds is 4. The highest BCUT2D eigenvalue weighted by Gasteiger charge is 2.20. The first-order valence-corrected chi connectivity index (χ1v) is 6.97. The number of halogens is 2. The molecular formula is C15H12BrClO3. The van der Waals surface area contributed by atoms with Crippen LogP contribution in [0, 0.1) is 0 Å². The lowest BCUT2D eigenvalue weighted by Crippen LogP contribution is -2.05. The minimum Gasteiger partial charge on any atom is -0.495 e.